The number of hydrogen-bond acceptors (Lipinski definition) is 7. The van der Waals surface area contributed by atoms with Gasteiger partial charge in [-0.15, -0.1) is 0 Å². The number of carbonyl (C=O) groups is 3. The molecule has 3 heterocycles. The van der Waals surface area contributed by atoms with Crippen molar-refractivity contribution in [2.24, 2.45) is 0 Å². The van der Waals surface area contributed by atoms with Gasteiger partial charge in [-0.25, -0.2) is 9.59 Å². The molecule has 0 saturated carbocycles. The summed E-state index contributed by atoms with van der Waals surface area (Å²) in [6, 6.07) is 2.52. The number of urea groups is 1. The van der Waals surface area contributed by atoms with E-state index in [1.54, 1.807) is 6.07 Å². The van der Waals surface area contributed by atoms with Crippen molar-refractivity contribution in [1.82, 2.24) is 15.5 Å². The molecule has 28 heavy (non-hydrogen) atoms. The van der Waals surface area contributed by atoms with E-state index in [2.05, 4.69) is 10.6 Å². The quantitative estimate of drug-likeness (QED) is 0.397. The van der Waals surface area contributed by atoms with Crippen molar-refractivity contribution in [2.75, 3.05) is 20.2 Å². The Labute approximate surface area is 160 Å². The van der Waals surface area contributed by atoms with Crippen LogP contribution in [0.25, 0.3) is 0 Å². The summed E-state index contributed by atoms with van der Waals surface area (Å²) in [7, 11) is -0.216. The van der Waals surface area contributed by atoms with E-state index in [0.717, 1.165) is 4.90 Å². The van der Waals surface area contributed by atoms with Gasteiger partial charge in [0.15, 0.2) is 0 Å². The largest absolute Gasteiger partial charge is 0.547 e. The summed E-state index contributed by atoms with van der Waals surface area (Å²) in [6.45, 7) is 1.21. The molecule has 1 aromatic rings. The monoisotopic (exact) mass is 389 g/mol. The van der Waals surface area contributed by atoms with E-state index in [1.807, 2.05) is 0 Å². The van der Waals surface area contributed by atoms with Crippen LogP contribution in [0.1, 0.15) is 28.8 Å². The number of carboxylic acids is 1. The molecule has 4 rings (SSSR count). The van der Waals surface area contributed by atoms with Crippen LogP contribution in [-0.4, -0.2) is 71.7 Å². The maximum absolute atomic E-state index is 13.1. The predicted octanol–water partition coefficient (Wildman–Crippen LogP) is -0.609. The third-order valence-electron chi connectivity index (χ3n) is 5.61. The van der Waals surface area contributed by atoms with Gasteiger partial charge in [0.25, 0.3) is 5.91 Å². The first-order valence-corrected chi connectivity index (χ1v) is 9.02. The van der Waals surface area contributed by atoms with Crippen LogP contribution in [0.2, 0.25) is 0 Å². The Balaban J connectivity index is 1.67. The maximum atomic E-state index is 13.1. The lowest BCUT2D eigenvalue weighted by atomic mass is 9.71. The summed E-state index contributed by atoms with van der Waals surface area (Å²) in [4.78, 5) is 38.3. The smallest absolute Gasteiger partial charge is 0.534 e. The minimum atomic E-state index is -1.55. The highest BCUT2D eigenvalue weighted by Crippen LogP contribution is 2.38. The Hall–Kier alpha value is -2.79. The molecule has 3 aliphatic heterocycles. The lowest BCUT2D eigenvalue weighted by Crippen LogP contribution is -2.58. The van der Waals surface area contributed by atoms with Gasteiger partial charge < -0.3 is 30.2 Å². The summed E-state index contributed by atoms with van der Waals surface area (Å²) >= 11 is 0. The molecule has 0 unspecified atom stereocenters. The van der Waals surface area contributed by atoms with Crippen LogP contribution in [0.5, 0.6) is 11.5 Å². The molecule has 0 aliphatic carbocycles. The van der Waals surface area contributed by atoms with Crippen LogP contribution in [0.4, 0.5) is 4.79 Å². The minimum absolute atomic E-state index is 0.0146. The molecular formula is C17H20BN3O7. The van der Waals surface area contributed by atoms with Gasteiger partial charge in [-0.1, -0.05) is 6.07 Å². The zero-order valence-corrected chi connectivity index (χ0v) is 15.2. The summed E-state index contributed by atoms with van der Waals surface area (Å²) in [5, 5.41) is 25.9. The van der Waals surface area contributed by atoms with Crippen LogP contribution in [0.15, 0.2) is 12.1 Å². The first kappa shape index (κ1) is 18.6. The SMILES string of the molecule is COc1ccc2c(c1C(=O)O)OB(O)[C@@H](N1C(=O)NC3(CCNCC3)C1=O)C2. The molecular weight excluding hydrogens is 369 g/mol. The van der Waals surface area contributed by atoms with Crippen molar-refractivity contribution in [1.29, 1.82) is 0 Å². The number of carbonyl (C=O) groups excluding carboxylic acids is 2. The van der Waals surface area contributed by atoms with Crippen molar-refractivity contribution in [2.45, 2.75) is 30.7 Å². The Kier molecular flexibility index (Phi) is 4.43. The van der Waals surface area contributed by atoms with E-state index >= 15 is 0 Å². The van der Waals surface area contributed by atoms with E-state index in [0.29, 0.717) is 31.5 Å². The van der Waals surface area contributed by atoms with Gasteiger partial charge in [0.1, 0.15) is 22.6 Å². The summed E-state index contributed by atoms with van der Waals surface area (Å²) < 4.78 is 10.5. The molecule has 3 amide bonds. The van der Waals surface area contributed by atoms with Crippen LogP contribution < -0.4 is 20.0 Å². The van der Waals surface area contributed by atoms with Gasteiger partial charge in [0.2, 0.25) is 0 Å². The highest BCUT2D eigenvalue weighted by Gasteiger charge is 2.56. The third-order valence-corrected chi connectivity index (χ3v) is 5.61. The van der Waals surface area contributed by atoms with Gasteiger partial charge in [-0.2, -0.15) is 0 Å². The molecule has 2 fully saturated rings. The molecule has 0 aromatic heterocycles. The third kappa shape index (κ3) is 2.69. The van der Waals surface area contributed by atoms with Crippen LogP contribution in [0.3, 0.4) is 0 Å². The van der Waals surface area contributed by atoms with E-state index < -0.39 is 30.6 Å². The van der Waals surface area contributed by atoms with Crippen molar-refractivity contribution in [3.63, 3.8) is 0 Å². The molecule has 11 heteroatoms. The summed E-state index contributed by atoms with van der Waals surface area (Å²) in [6.07, 6.45) is 1.01. The van der Waals surface area contributed by atoms with E-state index in [4.69, 9.17) is 9.39 Å². The zero-order chi connectivity index (χ0) is 20.1. The second-order valence-corrected chi connectivity index (χ2v) is 7.15. The number of hydrogen-bond donors (Lipinski definition) is 4. The number of carboxylic acid groups (broad SMARTS) is 1. The highest BCUT2D eigenvalue weighted by molar-refractivity contribution is 6.47. The van der Waals surface area contributed by atoms with Crippen molar-refractivity contribution >= 4 is 25.0 Å². The zero-order valence-electron chi connectivity index (χ0n) is 15.2. The van der Waals surface area contributed by atoms with Crippen molar-refractivity contribution in [3.8, 4) is 11.5 Å². The van der Waals surface area contributed by atoms with Crippen molar-refractivity contribution in [3.05, 3.63) is 23.3 Å². The molecule has 0 radical (unpaired) electrons. The molecule has 0 bridgehead atoms. The fourth-order valence-electron chi connectivity index (χ4n) is 4.15. The van der Waals surface area contributed by atoms with Gasteiger partial charge in [-0.3, -0.25) is 9.69 Å². The van der Waals surface area contributed by atoms with Crippen LogP contribution >= 0.6 is 0 Å². The molecule has 1 spiro atoms. The van der Waals surface area contributed by atoms with E-state index in [-0.39, 0.29) is 29.4 Å². The van der Waals surface area contributed by atoms with Crippen LogP contribution in [-0.2, 0) is 11.2 Å². The number of nitrogens with zero attached hydrogens (tertiary/aromatic N) is 1. The number of nitrogens with one attached hydrogen (secondary N) is 2. The second-order valence-electron chi connectivity index (χ2n) is 7.15. The first-order valence-electron chi connectivity index (χ1n) is 9.02. The second kappa shape index (κ2) is 6.68. The Morgan fingerprint density at radius 3 is 2.71 bits per heavy atom. The fraction of sp³-hybridized carbons (Fsp3) is 0.471. The van der Waals surface area contributed by atoms with Gasteiger partial charge in [0, 0.05) is 0 Å². The number of piperidine rings is 1. The molecule has 4 N–H and O–H groups in total. The van der Waals surface area contributed by atoms with Crippen molar-refractivity contribution < 1.29 is 33.9 Å². The summed E-state index contributed by atoms with van der Waals surface area (Å²) in [5.74, 6) is -2.52. The lowest BCUT2D eigenvalue weighted by Gasteiger charge is -2.34. The number of aromatic carboxylic acids is 1. The van der Waals surface area contributed by atoms with Crippen LogP contribution in [0, 0.1) is 0 Å². The molecule has 10 nitrogen and oxygen atoms in total. The van der Waals surface area contributed by atoms with Gasteiger partial charge in [-0.05, 0) is 44.0 Å². The molecule has 2 saturated heterocycles. The Bertz CT molecular complexity index is 855. The number of rotatable bonds is 3. The average molecular weight is 389 g/mol. The topological polar surface area (TPSA) is 137 Å². The number of ether oxygens (including phenoxy) is 1. The highest BCUT2D eigenvalue weighted by atomic mass is 16.5. The Morgan fingerprint density at radius 2 is 2.07 bits per heavy atom. The maximum Gasteiger partial charge on any atom is 0.547 e. The normalized spacial score (nSPS) is 23.3. The number of fused-ring (bicyclic) bond motifs is 1. The first-order chi connectivity index (χ1) is 13.4. The fourth-order valence-corrected chi connectivity index (χ4v) is 4.15. The van der Waals surface area contributed by atoms with Gasteiger partial charge >= 0.3 is 19.1 Å². The minimum Gasteiger partial charge on any atom is -0.534 e. The summed E-state index contributed by atoms with van der Waals surface area (Å²) in [5.41, 5.74) is -0.695. The molecule has 1 atom stereocenters. The lowest BCUT2D eigenvalue weighted by molar-refractivity contribution is -0.133. The van der Waals surface area contributed by atoms with E-state index in [9.17, 15) is 24.5 Å². The average Bonchev–Trinajstić information content (AvgIpc) is 2.90. The molecule has 148 valence electrons. The molecule has 1 aromatic carbocycles. The standard InChI is InChI=1S/C17H20BN3O7/c1-27-10-3-2-9-8-11(18(26)28-13(9)12(10)14(22)23)21-15(24)17(20-16(21)25)4-6-19-7-5-17/h2-3,11,19,26H,4-8H2,1H3,(H,20,25)(H,22,23)/t11-/m0/s1. The number of benzene rings is 1. The molecule has 3 aliphatic rings. The van der Waals surface area contributed by atoms with Gasteiger partial charge in [0.05, 0.1) is 13.1 Å². The predicted molar refractivity (Wildman–Crippen MR) is 96.3 cm³/mol. The Morgan fingerprint density at radius 1 is 1.36 bits per heavy atom. The number of methoxy groups -OCH3 is 1. The number of imide groups is 1. The number of amides is 3. The van der Waals surface area contributed by atoms with E-state index in [1.165, 1.54) is 13.2 Å².